The third-order valence-electron chi connectivity index (χ3n) is 5.83. The van der Waals surface area contributed by atoms with E-state index >= 15 is 0 Å². The van der Waals surface area contributed by atoms with Gasteiger partial charge in [-0.25, -0.2) is 19.3 Å². The summed E-state index contributed by atoms with van der Waals surface area (Å²) in [5.74, 6) is -1.92. The van der Waals surface area contributed by atoms with E-state index in [2.05, 4.69) is 0 Å². The first kappa shape index (κ1) is 25.6. The van der Waals surface area contributed by atoms with Crippen LogP contribution in [-0.4, -0.2) is 42.6 Å². The van der Waals surface area contributed by atoms with Gasteiger partial charge in [0.05, 0.1) is 12.5 Å². The highest BCUT2D eigenvalue weighted by atomic mass is 16.6. The molecule has 0 saturated carbocycles. The predicted octanol–water partition coefficient (Wildman–Crippen LogP) is 3.99. The lowest BCUT2D eigenvalue weighted by atomic mass is 10.1. The molecule has 0 aliphatic carbocycles. The van der Waals surface area contributed by atoms with Crippen LogP contribution in [0.25, 0.3) is 21.9 Å². The molecule has 0 saturated heterocycles. The number of unbranched alkanes of at least 4 members (excludes halogenated alkanes) is 1. The lowest BCUT2D eigenvalue weighted by Crippen LogP contribution is -2.49. The quantitative estimate of drug-likeness (QED) is 0.202. The minimum absolute atomic E-state index is 0.115. The molecule has 0 aliphatic rings. The smallest absolute Gasteiger partial charge is 0.418 e. The van der Waals surface area contributed by atoms with Gasteiger partial charge in [-0.15, -0.1) is 0 Å². The Morgan fingerprint density at radius 1 is 1.00 bits per heavy atom. The number of fused-ring (bicyclic) bond motifs is 3. The number of esters is 1. The fourth-order valence-corrected chi connectivity index (χ4v) is 3.98. The number of benzene rings is 2. The van der Waals surface area contributed by atoms with E-state index in [1.807, 2.05) is 6.07 Å². The maximum absolute atomic E-state index is 13.7. The number of imide groups is 1. The summed E-state index contributed by atoms with van der Waals surface area (Å²) in [6, 6.07) is 15.2. The van der Waals surface area contributed by atoms with Crippen molar-refractivity contribution in [1.29, 1.82) is 0 Å². The van der Waals surface area contributed by atoms with E-state index in [1.165, 1.54) is 19.2 Å². The molecule has 1 atom stereocenters. The molecular formula is C27H26N2O8. The summed E-state index contributed by atoms with van der Waals surface area (Å²) >= 11 is 0. The van der Waals surface area contributed by atoms with Crippen molar-refractivity contribution in [2.24, 2.45) is 5.73 Å². The van der Waals surface area contributed by atoms with E-state index in [0.717, 1.165) is 0 Å². The van der Waals surface area contributed by atoms with Gasteiger partial charge in [0.25, 0.3) is 5.91 Å². The number of nitrogens with zero attached hydrogens (tertiary/aromatic N) is 1. The summed E-state index contributed by atoms with van der Waals surface area (Å²) in [7, 11) is 1.17. The summed E-state index contributed by atoms with van der Waals surface area (Å²) < 4.78 is 21.3. The topological polar surface area (TPSA) is 142 Å². The zero-order valence-electron chi connectivity index (χ0n) is 20.2. The fraction of sp³-hybridized carbons (Fsp3) is 0.259. The fourth-order valence-electron chi connectivity index (χ4n) is 3.98. The van der Waals surface area contributed by atoms with Crippen LogP contribution in [0.1, 0.15) is 35.4 Å². The Balaban J connectivity index is 1.72. The number of hydrogen-bond acceptors (Lipinski definition) is 9. The van der Waals surface area contributed by atoms with E-state index in [9.17, 15) is 19.2 Å². The summed E-state index contributed by atoms with van der Waals surface area (Å²) in [6.45, 7) is 0.262. The van der Waals surface area contributed by atoms with Gasteiger partial charge in [0.1, 0.15) is 23.8 Å². The molecule has 10 nitrogen and oxygen atoms in total. The van der Waals surface area contributed by atoms with Crippen LogP contribution in [0, 0.1) is 0 Å². The van der Waals surface area contributed by atoms with E-state index in [-0.39, 0.29) is 30.0 Å². The van der Waals surface area contributed by atoms with Crippen molar-refractivity contribution < 1.29 is 32.7 Å². The number of ether oxygens (including phenoxy) is 2. The Morgan fingerprint density at radius 3 is 2.49 bits per heavy atom. The third-order valence-corrected chi connectivity index (χ3v) is 5.83. The maximum atomic E-state index is 13.7. The van der Waals surface area contributed by atoms with Crippen molar-refractivity contribution >= 4 is 39.9 Å². The number of methoxy groups -OCH3 is 1. The molecule has 0 aliphatic heterocycles. The number of carbonyl (C=O) groups excluding carboxylic acids is 3. The molecule has 0 unspecified atom stereocenters. The second-order valence-electron chi connectivity index (χ2n) is 8.30. The molecule has 2 aromatic carbocycles. The van der Waals surface area contributed by atoms with Gasteiger partial charge in [-0.05, 0) is 49.6 Å². The van der Waals surface area contributed by atoms with Crippen LogP contribution in [0.5, 0.6) is 0 Å². The summed E-state index contributed by atoms with van der Waals surface area (Å²) in [5, 5.41) is 0.995. The van der Waals surface area contributed by atoms with Crippen molar-refractivity contribution in [1.82, 2.24) is 4.90 Å². The maximum Gasteiger partial charge on any atom is 0.418 e. The van der Waals surface area contributed by atoms with Crippen LogP contribution in [0.4, 0.5) is 4.79 Å². The van der Waals surface area contributed by atoms with E-state index < -0.39 is 29.6 Å². The molecule has 37 heavy (non-hydrogen) atoms. The lowest BCUT2D eigenvalue weighted by molar-refractivity contribution is -0.146. The Bertz CT molecular complexity index is 1470. The SMILES string of the molecule is COC(=O)[C@H](CCCCN)N(C(=O)OCc1ccccc1)C(=O)c1cc2c(ccc3ccc(=O)oc32)o1. The van der Waals surface area contributed by atoms with Gasteiger partial charge in [-0.3, -0.25) is 4.79 Å². The normalized spacial score (nSPS) is 11.8. The Labute approximate surface area is 211 Å². The number of rotatable bonds is 9. The number of carbonyl (C=O) groups is 3. The average molecular weight is 507 g/mol. The first-order valence-electron chi connectivity index (χ1n) is 11.7. The summed E-state index contributed by atoms with van der Waals surface area (Å²) in [6.07, 6.45) is 0.120. The van der Waals surface area contributed by atoms with E-state index in [0.29, 0.717) is 40.6 Å². The number of hydrogen-bond donors (Lipinski definition) is 1. The highest BCUT2D eigenvalue weighted by Crippen LogP contribution is 2.29. The van der Waals surface area contributed by atoms with Crippen molar-refractivity contribution in [3.8, 4) is 0 Å². The molecular weight excluding hydrogens is 480 g/mol. The van der Waals surface area contributed by atoms with Gasteiger partial charge in [0, 0.05) is 17.5 Å². The second-order valence-corrected chi connectivity index (χ2v) is 8.30. The van der Waals surface area contributed by atoms with E-state index in [4.69, 9.17) is 24.0 Å². The number of nitrogens with two attached hydrogens (primary N) is 1. The highest BCUT2D eigenvalue weighted by molar-refractivity contribution is 6.09. The molecule has 192 valence electrons. The third kappa shape index (κ3) is 5.70. The zero-order chi connectivity index (χ0) is 26.4. The molecule has 0 bridgehead atoms. The first-order chi connectivity index (χ1) is 17.9. The van der Waals surface area contributed by atoms with Crippen LogP contribution in [0.3, 0.4) is 0 Å². The van der Waals surface area contributed by atoms with Gasteiger partial charge in [-0.2, -0.15) is 0 Å². The number of furan rings is 1. The zero-order valence-corrected chi connectivity index (χ0v) is 20.2. The van der Waals surface area contributed by atoms with Crippen LogP contribution < -0.4 is 11.4 Å². The molecule has 0 radical (unpaired) electrons. The molecule has 10 heteroatoms. The number of amides is 2. The van der Waals surface area contributed by atoms with Crippen LogP contribution >= 0.6 is 0 Å². The minimum Gasteiger partial charge on any atom is -0.467 e. The summed E-state index contributed by atoms with van der Waals surface area (Å²) in [4.78, 5) is 52.1. The Hall–Kier alpha value is -4.44. The van der Waals surface area contributed by atoms with Crippen LogP contribution in [-0.2, 0) is 20.9 Å². The van der Waals surface area contributed by atoms with Gasteiger partial charge in [0.15, 0.2) is 5.76 Å². The van der Waals surface area contributed by atoms with Crippen molar-refractivity contribution in [3.05, 3.63) is 82.4 Å². The molecule has 2 aromatic heterocycles. The van der Waals surface area contributed by atoms with Crippen molar-refractivity contribution in [2.75, 3.05) is 13.7 Å². The predicted molar refractivity (Wildman–Crippen MR) is 134 cm³/mol. The molecule has 4 aromatic rings. The largest absolute Gasteiger partial charge is 0.467 e. The Morgan fingerprint density at radius 2 is 1.76 bits per heavy atom. The van der Waals surface area contributed by atoms with Crippen molar-refractivity contribution in [2.45, 2.75) is 31.9 Å². The molecule has 0 spiro atoms. The first-order valence-corrected chi connectivity index (χ1v) is 11.7. The molecule has 2 heterocycles. The molecule has 4 rings (SSSR count). The van der Waals surface area contributed by atoms with Gasteiger partial charge >= 0.3 is 17.7 Å². The van der Waals surface area contributed by atoms with Crippen LogP contribution in [0.15, 0.2) is 74.3 Å². The Kier molecular flexibility index (Phi) is 7.99. The second kappa shape index (κ2) is 11.5. The molecule has 0 fully saturated rings. The minimum atomic E-state index is -1.27. The average Bonchev–Trinajstić information content (AvgIpc) is 3.36. The van der Waals surface area contributed by atoms with Gasteiger partial charge in [0.2, 0.25) is 0 Å². The van der Waals surface area contributed by atoms with Gasteiger partial charge in [-0.1, -0.05) is 30.3 Å². The molecule has 2 amide bonds. The summed E-state index contributed by atoms with van der Waals surface area (Å²) in [5.41, 5.74) is 6.22. The standard InChI is InChI=1S/C27H26N2O8/c1-34-26(32)20(9-5-6-14-28)29(27(33)35-16-17-7-3-2-4-8-17)25(31)22-15-19-21(36-22)12-10-18-11-13-23(30)37-24(18)19/h2-4,7-8,10-13,15,20H,5-6,9,14,16,28H2,1H3/t20-/m0/s1. The van der Waals surface area contributed by atoms with Crippen LogP contribution in [0.2, 0.25) is 0 Å². The molecule has 2 N–H and O–H groups in total. The highest BCUT2D eigenvalue weighted by Gasteiger charge is 2.38. The van der Waals surface area contributed by atoms with Gasteiger partial charge < -0.3 is 24.0 Å². The monoisotopic (exact) mass is 506 g/mol. The van der Waals surface area contributed by atoms with Crippen molar-refractivity contribution in [3.63, 3.8) is 0 Å². The lowest BCUT2D eigenvalue weighted by Gasteiger charge is -2.27. The van der Waals surface area contributed by atoms with E-state index in [1.54, 1.807) is 42.5 Å².